The van der Waals surface area contributed by atoms with Gasteiger partial charge in [0, 0.05) is 11.4 Å². The van der Waals surface area contributed by atoms with E-state index >= 15 is 0 Å². The molecule has 2 rings (SSSR count). The van der Waals surface area contributed by atoms with E-state index in [1.165, 1.54) is 18.2 Å². The predicted octanol–water partition coefficient (Wildman–Crippen LogP) is 4.96. The molecule has 7 nitrogen and oxygen atoms in total. The molecule has 172 valence electrons. The number of hydrogen-bond donors (Lipinski definition) is 4. The van der Waals surface area contributed by atoms with Gasteiger partial charge in [-0.15, -0.1) is 0 Å². The van der Waals surface area contributed by atoms with Crippen molar-refractivity contribution in [2.24, 2.45) is 0 Å². The zero-order chi connectivity index (χ0) is 23.2. The van der Waals surface area contributed by atoms with Gasteiger partial charge >= 0.3 is 5.97 Å². The summed E-state index contributed by atoms with van der Waals surface area (Å²) >= 11 is 11.9. The summed E-state index contributed by atoms with van der Waals surface area (Å²) in [5.74, 6) is -1.01. The molecule has 0 aliphatic carbocycles. The molecule has 2 atom stereocenters. The van der Waals surface area contributed by atoms with Crippen LogP contribution in [0.4, 0.5) is 0 Å². The van der Waals surface area contributed by atoms with E-state index in [-0.39, 0.29) is 34.8 Å². The molecule has 0 spiro atoms. The first-order chi connectivity index (χ1) is 14.5. The molecule has 4 N–H and O–H groups in total. The smallest absolute Gasteiger partial charge is 0.333 e. The maximum absolute atomic E-state index is 11.4. The highest BCUT2D eigenvalue weighted by molar-refractivity contribution is 8.24. The van der Waals surface area contributed by atoms with Crippen LogP contribution in [0.1, 0.15) is 19.4 Å². The van der Waals surface area contributed by atoms with Crippen LogP contribution < -0.4 is 4.74 Å². The van der Waals surface area contributed by atoms with Crippen molar-refractivity contribution in [2.45, 2.75) is 43.5 Å². The van der Waals surface area contributed by atoms with Crippen molar-refractivity contribution in [2.75, 3.05) is 12.4 Å². The summed E-state index contributed by atoms with van der Waals surface area (Å²) in [6, 6.07) is 11.1. The van der Waals surface area contributed by atoms with Crippen molar-refractivity contribution in [3.63, 3.8) is 0 Å². The molecule has 0 aliphatic rings. The minimum Gasteiger partial charge on any atom is -0.491 e. The summed E-state index contributed by atoms with van der Waals surface area (Å²) in [6.45, 7) is 3.33. The lowest BCUT2D eigenvalue weighted by molar-refractivity contribution is -0.153. The van der Waals surface area contributed by atoms with E-state index in [0.717, 1.165) is 0 Å². The van der Waals surface area contributed by atoms with E-state index < -0.39 is 28.8 Å². The second-order valence-corrected chi connectivity index (χ2v) is 10.2. The van der Waals surface area contributed by atoms with Gasteiger partial charge in [0.25, 0.3) is 0 Å². The second-order valence-electron chi connectivity index (χ2n) is 7.24. The van der Waals surface area contributed by atoms with Crippen LogP contribution in [0.2, 0.25) is 10.0 Å². The summed E-state index contributed by atoms with van der Waals surface area (Å²) < 4.78 is 31.8. The number of hydrogen-bond acceptors (Lipinski definition) is 6. The molecule has 10 heteroatoms. The number of aliphatic hydroxyl groups excluding tert-OH is 1. The first-order valence-electron chi connectivity index (χ1n) is 9.47. The van der Waals surface area contributed by atoms with Crippen molar-refractivity contribution in [1.29, 1.82) is 0 Å². The van der Waals surface area contributed by atoms with Crippen LogP contribution in [-0.2, 0) is 16.0 Å². The monoisotopic (exact) mass is 492 g/mol. The lowest BCUT2D eigenvalue weighted by Crippen LogP contribution is -2.29. The predicted molar refractivity (Wildman–Crippen MR) is 122 cm³/mol. The zero-order valence-corrected chi connectivity index (χ0v) is 19.4. The van der Waals surface area contributed by atoms with Crippen LogP contribution in [0.15, 0.2) is 47.4 Å². The van der Waals surface area contributed by atoms with Gasteiger partial charge in [-0.1, -0.05) is 35.3 Å². The van der Waals surface area contributed by atoms with E-state index in [4.69, 9.17) is 32.7 Å². The fraction of sp³-hybridized carbons (Fsp3) is 0.381. The molecule has 0 saturated carbocycles. The number of benzene rings is 2. The fourth-order valence-electron chi connectivity index (χ4n) is 2.84. The Balaban J connectivity index is 1.98. The average Bonchev–Trinajstić information content (AvgIpc) is 2.65. The number of ether oxygens (including phenoxy) is 2. The Kier molecular flexibility index (Phi) is 9.45. The number of rotatable bonds is 11. The fourth-order valence-corrected chi connectivity index (χ4v) is 5.09. The van der Waals surface area contributed by atoms with Gasteiger partial charge in [0.1, 0.15) is 18.5 Å². The average molecular weight is 493 g/mol. The number of carboxylic acid groups (broad SMARTS) is 1. The molecule has 2 unspecified atom stereocenters. The molecular formula is C21H26Cl2O7S. The van der Waals surface area contributed by atoms with Gasteiger partial charge in [-0.2, -0.15) is 10.6 Å². The zero-order valence-electron chi connectivity index (χ0n) is 17.1. The van der Waals surface area contributed by atoms with Crippen molar-refractivity contribution >= 4 is 39.8 Å². The molecule has 31 heavy (non-hydrogen) atoms. The van der Waals surface area contributed by atoms with Gasteiger partial charge in [0.05, 0.1) is 21.8 Å². The minimum atomic E-state index is -3.36. The first-order valence-corrected chi connectivity index (χ1v) is 11.9. The highest BCUT2D eigenvalue weighted by Gasteiger charge is 2.24. The van der Waals surface area contributed by atoms with Gasteiger partial charge in [-0.3, -0.25) is 9.11 Å². The number of halogens is 2. The molecule has 0 aliphatic heterocycles. The van der Waals surface area contributed by atoms with Crippen LogP contribution in [0, 0.1) is 0 Å². The van der Waals surface area contributed by atoms with E-state index in [2.05, 4.69) is 0 Å². The lowest BCUT2D eigenvalue weighted by Gasteiger charge is -2.34. The molecular weight excluding hydrogens is 467 g/mol. The molecule has 0 heterocycles. The number of aliphatic hydroxyl groups is 1. The Bertz CT molecular complexity index is 892. The van der Waals surface area contributed by atoms with Gasteiger partial charge in [-0.05, 0) is 49.7 Å². The standard InChI is InChI=1S/C21H26Cl2O7S/c1-13(2)30-19(21(25)26)9-14-4-3-5-17(8-14)29-11-16(24)12-31(27,28)20-7-6-15(22)10-18(20)23/h3-8,10,13,16,19,24,27-28H,9,11-12H2,1-2H3,(H,25,26). The molecule has 2 aromatic rings. The van der Waals surface area contributed by atoms with Gasteiger partial charge in [-0.25, -0.2) is 4.79 Å². The van der Waals surface area contributed by atoms with E-state index in [9.17, 15) is 24.1 Å². The Hall–Kier alpha value is -1.52. The highest BCUT2D eigenvalue weighted by atomic mass is 35.5. The molecule has 0 radical (unpaired) electrons. The Morgan fingerprint density at radius 3 is 2.45 bits per heavy atom. The maximum atomic E-state index is 11.4. The third-order valence-corrected chi connectivity index (χ3v) is 6.71. The number of aliphatic carboxylic acids is 1. The van der Waals surface area contributed by atoms with Gasteiger partial charge < -0.3 is 19.7 Å². The second kappa shape index (κ2) is 11.4. The summed E-state index contributed by atoms with van der Waals surface area (Å²) in [4.78, 5) is 11.5. The summed E-state index contributed by atoms with van der Waals surface area (Å²) in [5.41, 5.74) is 0.692. The third-order valence-electron chi connectivity index (χ3n) is 4.14. The van der Waals surface area contributed by atoms with Gasteiger partial charge in [0.15, 0.2) is 6.10 Å². The Labute approximate surface area is 192 Å². The third kappa shape index (κ3) is 8.16. The largest absolute Gasteiger partial charge is 0.491 e. The maximum Gasteiger partial charge on any atom is 0.333 e. The van der Waals surface area contributed by atoms with Gasteiger partial charge in [0.2, 0.25) is 0 Å². The molecule has 0 aromatic heterocycles. The van der Waals surface area contributed by atoms with Crippen LogP contribution >= 0.6 is 33.8 Å². The van der Waals surface area contributed by atoms with Crippen molar-refractivity contribution in [1.82, 2.24) is 0 Å². The molecule has 2 aromatic carbocycles. The topological polar surface area (TPSA) is 116 Å². The molecule has 0 amide bonds. The summed E-state index contributed by atoms with van der Waals surface area (Å²) in [7, 11) is -3.36. The van der Waals surface area contributed by atoms with Crippen molar-refractivity contribution in [3.8, 4) is 5.75 Å². The quantitative estimate of drug-likeness (QED) is 0.350. The van der Waals surface area contributed by atoms with Crippen molar-refractivity contribution < 1.29 is 33.6 Å². The van der Waals surface area contributed by atoms with Crippen LogP contribution in [0.25, 0.3) is 0 Å². The molecule has 0 saturated heterocycles. The normalized spacial score (nSPS) is 14.3. The minimum absolute atomic E-state index is 0.101. The van der Waals surface area contributed by atoms with E-state index in [1.807, 2.05) is 0 Å². The number of carbonyl (C=O) groups is 1. The van der Waals surface area contributed by atoms with E-state index in [0.29, 0.717) is 16.3 Å². The van der Waals surface area contributed by atoms with Crippen LogP contribution in [-0.4, -0.2) is 56.0 Å². The molecule has 0 fully saturated rings. The van der Waals surface area contributed by atoms with E-state index in [1.54, 1.807) is 38.1 Å². The van der Waals surface area contributed by atoms with Crippen LogP contribution in [0.5, 0.6) is 5.75 Å². The van der Waals surface area contributed by atoms with Crippen LogP contribution in [0.3, 0.4) is 0 Å². The summed E-state index contributed by atoms with van der Waals surface area (Å²) in [5, 5.41) is 20.0. The Morgan fingerprint density at radius 1 is 1.13 bits per heavy atom. The molecule has 0 bridgehead atoms. The lowest BCUT2D eigenvalue weighted by atomic mass is 10.1. The Morgan fingerprint density at radius 2 is 1.84 bits per heavy atom. The highest BCUT2D eigenvalue weighted by Crippen LogP contribution is 2.51. The number of carboxylic acids is 1. The first kappa shape index (κ1) is 25.7. The summed E-state index contributed by atoms with van der Waals surface area (Å²) in [6.07, 6.45) is -2.25. The van der Waals surface area contributed by atoms with Crippen molar-refractivity contribution in [3.05, 3.63) is 58.1 Å². The SMILES string of the molecule is CC(C)OC(Cc1cccc(OCC(O)CS(O)(O)c2ccc(Cl)cc2Cl)c1)C(=O)O.